The molecule has 1 aromatic rings. The lowest BCUT2D eigenvalue weighted by atomic mass is 10.3. The molecule has 17 heavy (non-hydrogen) atoms. The highest BCUT2D eigenvalue weighted by Gasteiger charge is 2.22. The van der Waals surface area contributed by atoms with Crippen molar-refractivity contribution < 1.29 is 33.0 Å². The van der Waals surface area contributed by atoms with E-state index in [1.807, 2.05) is 0 Å². The Bertz CT molecular complexity index is 452. The molecule has 0 spiro atoms. The molecule has 0 saturated heterocycles. The molecule has 0 bridgehead atoms. The van der Waals surface area contributed by atoms with Gasteiger partial charge in [0.2, 0.25) is 0 Å². The van der Waals surface area contributed by atoms with Crippen molar-refractivity contribution in [2.45, 2.75) is 9.79 Å². The molecule has 2 N–H and O–H groups in total. The molecule has 0 aliphatic carbocycles. The number of hydrogen-bond acceptors (Lipinski definition) is 4. The van der Waals surface area contributed by atoms with Crippen LogP contribution in [0.1, 0.15) is 0 Å². The topological polar surface area (TPSA) is 74.6 Å². The van der Waals surface area contributed by atoms with Crippen LogP contribution in [0.4, 0.5) is 22.8 Å². The van der Waals surface area contributed by atoms with E-state index in [4.69, 9.17) is 10.2 Å². The van der Waals surface area contributed by atoms with E-state index in [-0.39, 0.29) is 23.5 Å². The fourth-order valence-electron chi connectivity index (χ4n) is 0.895. The van der Waals surface area contributed by atoms with Gasteiger partial charge >= 0.3 is 10.6 Å². The predicted octanol–water partition coefficient (Wildman–Crippen LogP) is 3.64. The van der Waals surface area contributed by atoms with Crippen LogP contribution in [0.25, 0.3) is 0 Å². The summed E-state index contributed by atoms with van der Waals surface area (Å²) in [6.45, 7) is 0. The van der Waals surface area contributed by atoms with Crippen molar-refractivity contribution in [1.82, 2.24) is 0 Å². The van der Waals surface area contributed by atoms with Gasteiger partial charge in [-0.05, 0) is 29.6 Å². The molecule has 0 amide bonds. The van der Waals surface area contributed by atoms with Gasteiger partial charge in [-0.2, -0.15) is 0 Å². The Morgan fingerprint density at radius 2 is 1.24 bits per heavy atom. The molecule has 0 radical (unpaired) electrons. The first-order chi connectivity index (χ1) is 7.82. The monoisotopic (exact) mass is 284 g/mol. The third kappa shape index (κ3) is 3.30. The molecule has 0 aliphatic rings. The zero-order chi connectivity index (χ0) is 13.2. The van der Waals surface area contributed by atoms with Gasteiger partial charge in [0.25, 0.3) is 0 Å². The lowest BCUT2D eigenvalue weighted by molar-refractivity contribution is 0.221. The molecule has 0 aromatic heterocycles. The first kappa shape index (κ1) is 13.7. The molecule has 0 unspecified atom stereocenters. The van der Waals surface area contributed by atoms with E-state index in [0.29, 0.717) is 6.07 Å². The molecule has 1 aromatic carbocycles. The van der Waals surface area contributed by atoms with Gasteiger partial charge in [-0.15, -0.1) is 0 Å². The minimum atomic E-state index is -1.90. The van der Waals surface area contributed by atoms with E-state index in [0.717, 1.165) is 0 Å². The highest BCUT2D eigenvalue weighted by Crippen LogP contribution is 2.33. The second-order valence-corrected chi connectivity index (χ2v) is 4.54. The maximum absolute atomic E-state index is 13.1. The molecule has 4 nitrogen and oxygen atoms in total. The summed E-state index contributed by atoms with van der Waals surface area (Å²) in [4.78, 5) is 19.2. The fraction of sp³-hybridized carbons (Fsp3) is 0. The Labute approximate surface area is 101 Å². The molecule has 0 fully saturated rings. The van der Waals surface area contributed by atoms with Crippen LogP contribution in [0.15, 0.2) is 15.9 Å². The SMILES string of the molecule is O=C(O)Sc1cc(SC(=O)O)c(F)c(F)c1F. The average Bonchev–Trinajstić information content (AvgIpc) is 2.20. The fourth-order valence-corrected chi connectivity index (χ4v) is 2.06. The number of benzene rings is 1. The minimum absolute atomic E-state index is 0.0821. The lowest BCUT2D eigenvalue weighted by Gasteiger charge is -2.05. The summed E-state index contributed by atoms with van der Waals surface area (Å²) in [5.41, 5.74) is 0. The Balaban J connectivity index is 3.28. The average molecular weight is 284 g/mol. The Morgan fingerprint density at radius 1 is 0.882 bits per heavy atom. The summed E-state index contributed by atoms with van der Waals surface area (Å²) in [5.74, 6) is -5.23. The zero-order valence-corrected chi connectivity index (χ0v) is 9.37. The summed E-state index contributed by atoms with van der Waals surface area (Å²) in [6, 6.07) is 0.630. The first-order valence-electron chi connectivity index (χ1n) is 3.82. The quantitative estimate of drug-likeness (QED) is 0.638. The summed E-state index contributed by atoms with van der Waals surface area (Å²) < 4.78 is 39.2. The maximum Gasteiger partial charge on any atom is 0.369 e. The third-order valence-electron chi connectivity index (χ3n) is 1.47. The van der Waals surface area contributed by atoms with Crippen LogP contribution in [0, 0.1) is 17.5 Å². The van der Waals surface area contributed by atoms with Crippen LogP contribution >= 0.6 is 23.5 Å². The number of carbonyl (C=O) groups is 2. The van der Waals surface area contributed by atoms with Crippen molar-refractivity contribution in [3.05, 3.63) is 23.5 Å². The maximum atomic E-state index is 13.1. The van der Waals surface area contributed by atoms with Crippen molar-refractivity contribution in [2.24, 2.45) is 0 Å². The van der Waals surface area contributed by atoms with Gasteiger partial charge in [-0.25, -0.2) is 22.8 Å². The lowest BCUT2D eigenvalue weighted by Crippen LogP contribution is -1.99. The normalized spacial score (nSPS) is 10.3. The zero-order valence-electron chi connectivity index (χ0n) is 7.74. The molecule has 0 heterocycles. The van der Waals surface area contributed by atoms with E-state index in [2.05, 4.69) is 0 Å². The molecular weight excluding hydrogens is 281 g/mol. The molecule has 9 heteroatoms. The molecule has 92 valence electrons. The van der Waals surface area contributed by atoms with Crippen LogP contribution in [-0.2, 0) is 0 Å². The minimum Gasteiger partial charge on any atom is -0.473 e. The van der Waals surface area contributed by atoms with Crippen LogP contribution in [-0.4, -0.2) is 20.8 Å². The van der Waals surface area contributed by atoms with E-state index in [1.165, 1.54) is 0 Å². The van der Waals surface area contributed by atoms with Gasteiger partial charge in [0, 0.05) is 0 Å². The summed E-state index contributed by atoms with van der Waals surface area (Å²) in [7, 11) is 0. The van der Waals surface area contributed by atoms with E-state index in [1.54, 1.807) is 0 Å². The molecule has 0 atom stereocenters. The van der Waals surface area contributed by atoms with Gasteiger partial charge in [-0.1, -0.05) is 0 Å². The van der Waals surface area contributed by atoms with Crippen LogP contribution in [0.5, 0.6) is 0 Å². The van der Waals surface area contributed by atoms with Gasteiger partial charge in [0.05, 0.1) is 9.79 Å². The van der Waals surface area contributed by atoms with Crippen molar-refractivity contribution >= 4 is 34.1 Å². The largest absolute Gasteiger partial charge is 0.473 e. The van der Waals surface area contributed by atoms with E-state index in [9.17, 15) is 22.8 Å². The second-order valence-electron chi connectivity index (χ2n) is 2.55. The van der Waals surface area contributed by atoms with Crippen molar-refractivity contribution in [3.8, 4) is 0 Å². The summed E-state index contributed by atoms with van der Waals surface area (Å²) in [5, 5.41) is 13.7. The predicted molar refractivity (Wildman–Crippen MR) is 54.1 cm³/mol. The summed E-state index contributed by atoms with van der Waals surface area (Å²) in [6.07, 6.45) is 0. The number of carboxylic acid groups (broad SMARTS) is 2. The van der Waals surface area contributed by atoms with E-state index >= 15 is 0 Å². The number of rotatable bonds is 2. The standard InChI is InChI=1S/C8H3F3O4S2/c9-4-2(16-7(12)13)1-3(17-8(14)15)5(10)6(4)11/h1H,(H,12,13)(H,14,15). The van der Waals surface area contributed by atoms with Gasteiger partial charge in [-0.3, -0.25) is 0 Å². The Morgan fingerprint density at radius 3 is 1.53 bits per heavy atom. The Hall–Kier alpha value is -1.35. The second kappa shape index (κ2) is 5.32. The highest BCUT2D eigenvalue weighted by atomic mass is 32.2. The molecule has 0 saturated carbocycles. The number of thioether (sulfide) groups is 2. The third-order valence-corrected chi connectivity index (χ3v) is 2.86. The van der Waals surface area contributed by atoms with Crippen molar-refractivity contribution in [2.75, 3.05) is 0 Å². The summed E-state index contributed by atoms with van der Waals surface area (Å²) >= 11 is -0.164. The van der Waals surface area contributed by atoms with Gasteiger partial charge < -0.3 is 10.2 Å². The number of halogens is 3. The van der Waals surface area contributed by atoms with Crippen LogP contribution < -0.4 is 0 Å². The molecule has 0 aliphatic heterocycles. The van der Waals surface area contributed by atoms with E-state index < -0.39 is 37.8 Å². The highest BCUT2D eigenvalue weighted by molar-refractivity contribution is 8.13. The van der Waals surface area contributed by atoms with Crippen LogP contribution in [0.3, 0.4) is 0 Å². The molecule has 1 rings (SSSR count). The van der Waals surface area contributed by atoms with Crippen molar-refractivity contribution in [3.63, 3.8) is 0 Å². The van der Waals surface area contributed by atoms with Crippen LogP contribution in [0.2, 0.25) is 0 Å². The number of hydrogen-bond donors (Lipinski definition) is 2. The first-order valence-corrected chi connectivity index (χ1v) is 5.45. The van der Waals surface area contributed by atoms with Gasteiger partial charge in [0.1, 0.15) is 0 Å². The van der Waals surface area contributed by atoms with Gasteiger partial charge in [0.15, 0.2) is 17.5 Å². The molecular formula is C8H3F3O4S2. The van der Waals surface area contributed by atoms with Crippen molar-refractivity contribution in [1.29, 1.82) is 0 Å². The Kier molecular flexibility index (Phi) is 4.29. The smallest absolute Gasteiger partial charge is 0.369 e.